The highest BCUT2D eigenvalue weighted by atomic mass is 16.4. The molecule has 1 fully saturated rings. The monoisotopic (exact) mass is 212 g/mol. The van der Waals surface area contributed by atoms with E-state index in [1.807, 2.05) is 0 Å². The van der Waals surface area contributed by atoms with Crippen LogP contribution in [-0.4, -0.2) is 41.7 Å². The molecule has 0 spiro atoms. The minimum absolute atomic E-state index is 0.390. The molecule has 0 bridgehead atoms. The van der Waals surface area contributed by atoms with Crippen molar-refractivity contribution in [3.63, 3.8) is 0 Å². The molecule has 6 heteroatoms. The largest absolute Gasteiger partial charge is 0.480 e. The number of H-pyrrole nitrogens is 1. The van der Waals surface area contributed by atoms with Gasteiger partial charge in [0.1, 0.15) is 6.04 Å². The number of aliphatic carboxylic acids is 1. The number of hydrogen-bond donors (Lipinski definition) is 5. The molecule has 1 aliphatic heterocycles. The normalized spacial score (nSPS) is 20.1. The summed E-state index contributed by atoms with van der Waals surface area (Å²) in [5, 5.41) is 14.3. The van der Waals surface area contributed by atoms with Crippen LogP contribution in [0, 0.1) is 0 Å². The summed E-state index contributed by atoms with van der Waals surface area (Å²) >= 11 is 0. The van der Waals surface area contributed by atoms with E-state index in [-0.39, 0.29) is 0 Å². The Hall–Kier alpha value is -1.53. The van der Waals surface area contributed by atoms with E-state index >= 15 is 0 Å². The molecule has 0 radical (unpaired) electrons. The molecule has 0 amide bonds. The number of piperazine rings is 1. The molecule has 6 nitrogen and oxygen atoms in total. The number of carboxylic acid groups (broad SMARTS) is 1. The van der Waals surface area contributed by atoms with Crippen molar-refractivity contribution in [2.75, 3.05) is 25.4 Å². The Kier molecular flexibility index (Phi) is 4.65. The summed E-state index contributed by atoms with van der Waals surface area (Å²) in [6.07, 6.45) is 3.52. The number of carbonyl (C=O) groups is 1. The zero-order valence-corrected chi connectivity index (χ0v) is 8.36. The molecule has 0 saturated carbocycles. The van der Waals surface area contributed by atoms with Gasteiger partial charge in [-0.3, -0.25) is 4.79 Å². The fraction of sp³-hybridized carbons (Fsp3) is 0.444. The quantitative estimate of drug-likeness (QED) is 0.420. The van der Waals surface area contributed by atoms with E-state index in [0.717, 1.165) is 18.8 Å². The van der Waals surface area contributed by atoms with E-state index in [0.29, 0.717) is 6.54 Å². The highest BCUT2D eigenvalue weighted by molar-refractivity contribution is 5.73. The lowest BCUT2D eigenvalue weighted by atomic mass is 10.2. The van der Waals surface area contributed by atoms with Gasteiger partial charge in [0.25, 0.3) is 0 Å². The number of nitrogens with two attached hydrogens (primary N) is 1. The van der Waals surface area contributed by atoms with Crippen molar-refractivity contribution in [2.24, 2.45) is 0 Å². The summed E-state index contributed by atoms with van der Waals surface area (Å²) in [6, 6.07) is 1.42. The molecule has 15 heavy (non-hydrogen) atoms. The Morgan fingerprint density at radius 3 is 2.60 bits per heavy atom. The van der Waals surface area contributed by atoms with Crippen LogP contribution in [-0.2, 0) is 4.79 Å². The van der Waals surface area contributed by atoms with Gasteiger partial charge in [0.05, 0.1) is 0 Å². The molecule has 1 saturated heterocycles. The van der Waals surface area contributed by atoms with Crippen LogP contribution in [0.3, 0.4) is 0 Å². The molecule has 84 valence electrons. The van der Waals surface area contributed by atoms with Crippen LogP contribution in [0.5, 0.6) is 0 Å². The van der Waals surface area contributed by atoms with Gasteiger partial charge in [-0.15, -0.1) is 0 Å². The molecule has 1 aliphatic rings. The van der Waals surface area contributed by atoms with Crippen molar-refractivity contribution >= 4 is 11.7 Å². The van der Waals surface area contributed by atoms with Crippen molar-refractivity contribution in [2.45, 2.75) is 6.04 Å². The smallest absolute Gasteiger partial charge is 0.322 e. The Morgan fingerprint density at radius 2 is 2.33 bits per heavy atom. The minimum Gasteiger partial charge on any atom is -0.480 e. The molecule has 2 rings (SSSR count). The second kappa shape index (κ2) is 6.05. The Morgan fingerprint density at radius 1 is 1.53 bits per heavy atom. The summed E-state index contributed by atoms with van der Waals surface area (Å²) in [5.74, 6) is -0.776. The number of aromatic nitrogens is 1. The molecule has 2 heterocycles. The second-order valence-corrected chi connectivity index (χ2v) is 3.19. The first-order valence-electron chi connectivity index (χ1n) is 4.75. The minimum atomic E-state index is -0.776. The molecule has 0 aliphatic carbocycles. The SMILES string of the molecule is Nc1cc[nH]c1.O=C(O)C1CNCCN1. The van der Waals surface area contributed by atoms with Crippen LogP contribution in [0.4, 0.5) is 5.69 Å². The number of aromatic amines is 1. The first-order chi connectivity index (χ1) is 7.20. The fourth-order valence-corrected chi connectivity index (χ4v) is 1.16. The number of nitrogen functional groups attached to an aromatic ring is 1. The summed E-state index contributed by atoms with van der Waals surface area (Å²) < 4.78 is 0. The topological polar surface area (TPSA) is 103 Å². The van der Waals surface area contributed by atoms with Gasteiger partial charge in [0.2, 0.25) is 0 Å². The summed E-state index contributed by atoms with van der Waals surface area (Å²) in [6.45, 7) is 2.15. The molecule has 1 atom stereocenters. The highest BCUT2D eigenvalue weighted by Crippen LogP contribution is 1.92. The Balaban J connectivity index is 0.000000162. The lowest BCUT2D eigenvalue weighted by Gasteiger charge is -2.20. The zero-order valence-electron chi connectivity index (χ0n) is 8.36. The van der Waals surface area contributed by atoms with Crippen LogP contribution in [0.15, 0.2) is 18.5 Å². The number of anilines is 1. The van der Waals surface area contributed by atoms with Gasteiger partial charge in [-0.1, -0.05) is 0 Å². The summed E-state index contributed by atoms with van der Waals surface area (Å²) in [7, 11) is 0. The van der Waals surface area contributed by atoms with Crippen LogP contribution in [0.2, 0.25) is 0 Å². The van der Waals surface area contributed by atoms with Crippen molar-refractivity contribution < 1.29 is 9.90 Å². The number of rotatable bonds is 1. The third-order valence-corrected chi connectivity index (χ3v) is 1.96. The van der Waals surface area contributed by atoms with E-state index in [4.69, 9.17) is 10.8 Å². The predicted molar refractivity (Wildman–Crippen MR) is 57.5 cm³/mol. The lowest BCUT2D eigenvalue weighted by molar-refractivity contribution is -0.139. The van der Waals surface area contributed by atoms with Gasteiger partial charge in [-0.25, -0.2) is 0 Å². The van der Waals surface area contributed by atoms with E-state index in [2.05, 4.69) is 15.6 Å². The molecule has 1 aromatic rings. The maximum absolute atomic E-state index is 10.3. The predicted octanol–water partition coefficient (Wildman–Crippen LogP) is -0.771. The second-order valence-electron chi connectivity index (χ2n) is 3.19. The molecular formula is C9H16N4O2. The molecular weight excluding hydrogens is 196 g/mol. The first-order valence-corrected chi connectivity index (χ1v) is 4.75. The third-order valence-electron chi connectivity index (χ3n) is 1.96. The van der Waals surface area contributed by atoms with Crippen molar-refractivity contribution in [1.82, 2.24) is 15.6 Å². The number of nitrogens with one attached hydrogen (secondary N) is 3. The standard InChI is InChI=1S/C5H10N2O2.C4H6N2/c8-5(9)4-3-6-1-2-7-4;5-4-1-2-6-3-4/h4,6-7H,1-3H2,(H,8,9);1-3,6H,5H2. The third kappa shape index (κ3) is 4.48. The Bertz CT molecular complexity index is 280. The van der Waals surface area contributed by atoms with E-state index in [1.165, 1.54) is 0 Å². The Labute approximate surface area is 87.9 Å². The summed E-state index contributed by atoms with van der Waals surface area (Å²) in [4.78, 5) is 13.1. The highest BCUT2D eigenvalue weighted by Gasteiger charge is 2.18. The molecule has 1 unspecified atom stereocenters. The maximum atomic E-state index is 10.3. The maximum Gasteiger partial charge on any atom is 0.322 e. The average molecular weight is 212 g/mol. The summed E-state index contributed by atoms with van der Waals surface area (Å²) in [5.41, 5.74) is 6.03. The zero-order chi connectivity index (χ0) is 11.1. The van der Waals surface area contributed by atoms with Crippen molar-refractivity contribution in [3.05, 3.63) is 18.5 Å². The van der Waals surface area contributed by atoms with Gasteiger partial charge in [0, 0.05) is 37.7 Å². The van der Waals surface area contributed by atoms with Crippen LogP contribution < -0.4 is 16.4 Å². The van der Waals surface area contributed by atoms with Gasteiger partial charge >= 0.3 is 5.97 Å². The van der Waals surface area contributed by atoms with Crippen LogP contribution in [0.25, 0.3) is 0 Å². The van der Waals surface area contributed by atoms with Crippen LogP contribution in [0.1, 0.15) is 0 Å². The van der Waals surface area contributed by atoms with Crippen molar-refractivity contribution in [3.8, 4) is 0 Å². The van der Waals surface area contributed by atoms with Crippen molar-refractivity contribution in [1.29, 1.82) is 0 Å². The first kappa shape index (κ1) is 11.5. The van der Waals surface area contributed by atoms with E-state index in [9.17, 15) is 4.79 Å². The molecule has 0 aromatic carbocycles. The van der Waals surface area contributed by atoms with Gasteiger partial charge in [-0.05, 0) is 6.07 Å². The van der Waals surface area contributed by atoms with Gasteiger partial charge < -0.3 is 26.5 Å². The van der Waals surface area contributed by atoms with Gasteiger partial charge in [0.15, 0.2) is 0 Å². The number of carboxylic acids is 1. The molecule has 6 N–H and O–H groups in total. The van der Waals surface area contributed by atoms with Gasteiger partial charge in [-0.2, -0.15) is 0 Å². The van der Waals surface area contributed by atoms with E-state index in [1.54, 1.807) is 18.5 Å². The fourth-order valence-electron chi connectivity index (χ4n) is 1.16. The van der Waals surface area contributed by atoms with E-state index < -0.39 is 12.0 Å². The average Bonchev–Trinajstić information content (AvgIpc) is 2.71. The number of hydrogen-bond acceptors (Lipinski definition) is 4. The molecule has 1 aromatic heterocycles. The lowest BCUT2D eigenvalue weighted by Crippen LogP contribution is -2.52. The van der Waals surface area contributed by atoms with Crippen LogP contribution >= 0.6 is 0 Å².